The maximum Gasteiger partial charge on any atom is 0.420 e. The SMILES string of the molecule is CCCCCCCCOc1ccc(Nc2nc(-c3cccnc3C#N)cs2)cc1C(F)(F)F.CCCCCCCCOc1ccc(Nc2nc(-c3cccnc3C(N)=O)cs2)cc1C(F)(F)F. The van der Waals surface area contributed by atoms with Gasteiger partial charge in [-0.05, 0) is 73.5 Å². The molecule has 4 heterocycles. The third-order valence-corrected chi connectivity index (χ3v) is 11.6. The number of nitrogens with two attached hydrogens (primary N) is 1. The monoisotopic (exact) mass is 966 g/mol. The van der Waals surface area contributed by atoms with Crippen molar-refractivity contribution in [3.05, 3.63) is 106 Å². The summed E-state index contributed by atoms with van der Waals surface area (Å²) in [4.78, 5) is 28.4. The second-order valence-electron chi connectivity index (χ2n) is 15.3. The van der Waals surface area contributed by atoms with E-state index < -0.39 is 29.4 Å². The lowest BCUT2D eigenvalue weighted by Gasteiger charge is -2.15. The van der Waals surface area contributed by atoms with Gasteiger partial charge in [0.15, 0.2) is 10.3 Å². The van der Waals surface area contributed by atoms with Crippen molar-refractivity contribution in [1.82, 2.24) is 19.9 Å². The average molecular weight is 967 g/mol. The Balaban J connectivity index is 0.000000251. The molecule has 19 heteroatoms. The number of aromatic nitrogens is 4. The molecule has 0 saturated heterocycles. The van der Waals surface area contributed by atoms with Crippen LogP contribution in [0.2, 0.25) is 0 Å². The molecule has 1 amide bonds. The highest BCUT2D eigenvalue weighted by Gasteiger charge is 2.36. The minimum absolute atomic E-state index is 0.0746. The summed E-state index contributed by atoms with van der Waals surface area (Å²) in [5, 5.41) is 19.2. The molecule has 356 valence electrons. The maximum absolute atomic E-state index is 13.7. The van der Waals surface area contributed by atoms with Gasteiger partial charge in [0.1, 0.15) is 29.0 Å². The van der Waals surface area contributed by atoms with Gasteiger partial charge in [-0.2, -0.15) is 31.6 Å². The molecule has 0 unspecified atom stereocenters. The van der Waals surface area contributed by atoms with Gasteiger partial charge in [-0.25, -0.2) is 15.0 Å². The average Bonchev–Trinajstić information content (AvgIpc) is 3.98. The van der Waals surface area contributed by atoms with E-state index in [1.165, 1.54) is 72.2 Å². The van der Waals surface area contributed by atoms with E-state index in [-0.39, 0.29) is 47.5 Å². The van der Waals surface area contributed by atoms with Crippen LogP contribution < -0.4 is 25.8 Å². The predicted molar refractivity (Wildman–Crippen MR) is 251 cm³/mol. The molecule has 0 radical (unpaired) electrons. The topological polar surface area (TPSA) is 161 Å². The van der Waals surface area contributed by atoms with Crippen LogP contribution in [0.1, 0.15) is 118 Å². The number of unbranched alkanes of at least 4 members (excludes halogenated alkanes) is 10. The van der Waals surface area contributed by atoms with Crippen molar-refractivity contribution < 1.29 is 40.6 Å². The number of hydrogen-bond acceptors (Lipinski definition) is 12. The number of pyridine rings is 2. The van der Waals surface area contributed by atoms with Crippen LogP contribution in [0.15, 0.2) is 83.8 Å². The van der Waals surface area contributed by atoms with E-state index >= 15 is 0 Å². The largest absolute Gasteiger partial charge is 0.493 e. The number of alkyl halides is 6. The summed E-state index contributed by atoms with van der Waals surface area (Å²) in [6.45, 7) is 4.77. The molecule has 11 nitrogen and oxygen atoms in total. The number of nitrogens with zero attached hydrogens (tertiary/aromatic N) is 5. The zero-order chi connectivity index (χ0) is 48.2. The number of halogens is 6. The number of benzene rings is 2. The molecule has 0 atom stereocenters. The van der Waals surface area contributed by atoms with Crippen molar-refractivity contribution in [3.8, 4) is 40.1 Å². The molecule has 0 aliphatic carbocycles. The van der Waals surface area contributed by atoms with E-state index in [1.54, 1.807) is 35.0 Å². The Kier molecular flexibility index (Phi) is 19.8. The van der Waals surface area contributed by atoms with E-state index in [1.807, 2.05) is 6.07 Å². The summed E-state index contributed by atoms with van der Waals surface area (Å²) in [6.07, 6.45) is 6.21. The number of nitriles is 1. The Morgan fingerprint density at radius 2 is 1.10 bits per heavy atom. The van der Waals surface area contributed by atoms with Crippen molar-refractivity contribution in [2.75, 3.05) is 23.8 Å². The van der Waals surface area contributed by atoms with Gasteiger partial charge in [0.25, 0.3) is 5.91 Å². The first-order valence-corrected chi connectivity index (χ1v) is 23.7. The number of thiazole rings is 2. The molecule has 0 spiro atoms. The first-order chi connectivity index (χ1) is 32.2. The minimum Gasteiger partial charge on any atom is -0.493 e. The molecule has 0 aliphatic rings. The Morgan fingerprint density at radius 3 is 1.57 bits per heavy atom. The molecule has 4 N–H and O–H groups in total. The van der Waals surface area contributed by atoms with Gasteiger partial charge >= 0.3 is 12.4 Å². The highest BCUT2D eigenvalue weighted by atomic mass is 32.1. The lowest BCUT2D eigenvalue weighted by molar-refractivity contribution is -0.139. The standard InChI is InChI=1S/C24H27F3N4O2S.C24H25F3N4OS/c1-2-3-4-5-6-7-13-33-20-11-10-16(14-18(20)24(25,26)27)30-23-31-19(15-34-23)17-9-8-12-29-21(17)22(28)32;1-2-3-4-5-6-7-13-32-22-11-10-17(14-19(22)24(25,26)27)30-23-31-21(16-33-23)18-9-8-12-29-20(18)15-28/h8-12,14-15H,2-7,13H2,1H3,(H2,28,32)(H,30,31);8-12,14,16H,2-7,13H2,1H3,(H,30,31). The number of carbonyl (C=O) groups is 1. The first kappa shape index (κ1) is 51.7. The lowest BCUT2D eigenvalue weighted by Crippen LogP contribution is -2.14. The Bertz CT molecular complexity index is 2540. The van der Waals surface area contributed by atoms with Crippen molar-refractivity contribution in [3.63, 3.8) is 0 Å². The number of anilines is 4. The van der Waals surface area contributed by atoms with Crippen LogP contribution in [0, 0.1) is 11.3 Å². The van der Waals surface area contributed by atoms with Crippen LogP contribution >= 0.6 is 22.7 Å². The molecule has 6 aromatic rings. The lowest BCUT2D eigenvalue weighted by atomic mass is 10.1. The number of ether oxygens (including phenoxy) is 2. The molecule has 0 aliphatic heterocycles. The summed E-state index contributed by atoms with van der Waals surface area (Å²) < 4.78 is 92.8. The fourth-order valence-electron chi connectivity index (χ4n) is 6.71. The fraction of sp³-hybridized carbons (Fsp3) is 0.375. The predicted octanol–water partition coefficient (Wildman–Crippen LogP) is 14.4. The van der Waals surface area contributed by atoms with Gasteiger partial charge in [-0.1, -0.05) is 78.1 Å². The summed E-state index contributed by atoms with van der Waals surface area (Å²) in [5.74, 6) is -1.05. The number of nitrogens with one attached hydrogen (secondary N) is 2. The molecule has 67 heavy (non-hydrogen) atoms. The van der Waals surface area contributed by atoms with Crippen molar-refractivity contribution in [2.24, 2.45) is 5.73 Å². The van der Waals surface area contributed by atoms with Crippen LogP contribution in [0.4, 0.5) is 48.0 Å². The Hall–Kier alpha value is -6.26. The van der Waals surface area contributed by atoms with Gasteiger partial charge in [-0.3, -0.25) is 9.78 Å². The number of hydrogen-bond donors (Lipinski definition) is 3. The van der Waals surface area contributed by atoms with Crippen LogP contribution in [-0.2, 0) is 12.4 Å². The quantitative estimate of drug-likeness (QED) is 0.0416. The zero-order valence-electron chi connectivity index (χ0n) is 37.1. The number of carbonyl (C=O) groups excluding carboxylic acids is 1. The smallest absolute Gasteiger partial charge is 0.420 e. The van der Waals surface area contributed by atoms with E-state index in [4.69, 9.17) is 15.2 Å². The van der Waals surface area contributed by atoms with Gasteiger partial charge in [0, 0.05) is 45.7 Å². The number of amides is 1. The molecular formula is C48H52F6N8O3S2. The van der Waals surface area contributed by atoms with Crippen molar-refractivity contribution in [1.29, 1.82) is 5.26 Å². The van der Waals surface area contributed by atoms with Crippen LogP contribution in [0.5, 0.6) is 11.5 Å². The maximum atomic E-state index is 13.7. The molecule has 0 saturated carbocycles. The second kappa shape index (κ2) is 25.6. The second-order valence-corrected chi connectivity index (χ2v) is 17.0. The number of primary amides is 1. The summed E-state index contributed by atoms with van der Waals surface area (Å²) in [7, 11) is 0. The van der Waals surface area contributed by atoms with Gasteiger partial charge in [-0.15, -0.1) is 22.7 Å². The minimum atomic E-state index is -4.56. The number of rotatable bonds is 23. The first-order valence-electron chi connectivity index (χ1n) is 22.0. The van der Waals surface area contributed by atoms with Crippen LogP contribution in [0.25, 0.3) is 22.5 Å². The van der Waals surface area contributed by atoms with E-state index in [2.05, 4.69) is 44.4 Å². The fourth-order valence-corrected chi connectivity index (χ4v) is 8.17. The molecule has 6 rings (SSSR count). The normalized spacial score (nSPS) is 11.3. The van der Waals surface area contributed by atoms with Crippen molar-refractivity contribution >= 4 is 50.2 Å². The van der Waals surface area contributed by atoms with E-state index in [0.29, 0.717) is 39.2 Å². The Morgan fingerprint density at radius 1 is 0.657 bits per heavy atom. The van der Waals surface area contributed by atoms with Crippen LogP contribution in [-0.4, -0.2) is 39.1 Å². The van der Waals surface area contributed by atoms with Gasteiger partial charge < -0.3 is 25.8 Å². The van der Waals surface area contributed by atoms with E-state index in [9.17, 15) is 36.4 Å². The molecule has 4 aromatic heterocycles. The Labute approximate surface area is 393 Å². The van der Waals surface area contributed by atoms with Crippen molar-refractivity contribution in [2.45, 2.75) is 103 Å². The molecule has 2 aromatic carbocycles. The zero-order valence-corrected chi connectivity index (χ0v) is 38.7. The summed E-state index contributed by atoms with van der Waals surface area (Å²) in [5.41, 5.74) is 6.48. The van der Waals surface area contributed by atoms with E-state index in [0.717, 1.165) is 69.9 Å². The highest BCUT2D eigenvalue weighted by molar-refractivity contribution is 7.14. The van der Waals surface area contributed by atoms with Gasteiger partial charge in [0.2, 0.25) is 0 Å². The molecular weight excluding hydrogens is 915 g/mol. The van der Waals surface area contributed by atoms with Crippen LogP contribution in [0.3, 0.4) is 0 Å². The molecule has 0 fully saturated rings. The third kappa shape index (κ3) is 16.0. The molecule has 0 bridgehead atoms. The highest BCUT2D eigenvalue weighted by Crippen LogP contribution is 2.41. The third-order valence-electron chi connectivity index (χ3n) is 10.1. The summed E-state index contributed by atoms with van der Waals surface area (Å²) >= 11 is 2.42. The van der Waals surface area contributed by atoms with Gasteiger partial charge in [0.05, 0.1) is 35.7 Å². The summed E-state index contributed by atoms with van der Waals surface area (Å²) in [6, 6.07) is 16.5.